The quantitative estimate of drug-likeness (QED) is 0.0367. The van der Waals surface area contributed by atoms with Gasteiger partial charge in [-0.15, -0.1) is 0 Å². The van der Waals surface area contributed by atoms with Crippen molar-refractivity contribution in [1.29, 1.82) is 0 Å². The van der Waals surface area contributed by atoms with E-state index in [1.165, 1.54) is 0 Å². The largest absolute Gasteiger partial charge is 0.374 e. The average Bonchev–Trinajstić information content (AvgIpc) is 0.772. The molecule has 11 rings (SSSR count). The van der Waals surface area contributed by atoms with E-state index in [9.17, 15) is 0 Å². The molecule has 0 radical (unpaired) electrons. The molecular weight excluding hydrogens is 1190 g/mol. The van der Waals surface area contributed by atoms with Gasteiger partial charge in [0, 0.05) is 7.11 Å². The number of rotatable bonds is 38. The van der Waals surface area contributed by atoms with Gasteiger partial charge < -0.3 is 56.8 Å². The summed E-state index contributed by atoms with van der Waals surface area (Å²) in [6.45, 7) is 1.94. The Morgan fingerprint density at radius 2 is 0.526 bits per heavy atom. The summed E-state index contributed by atoms with van der Waals surface area (Å²) in [6, 6.07) is 101. The van der Waals surface area contributed by atoms with Crippen LogP contribution in [0.1, 0.15) is 55.6 Å². The predicted molar refractivity (Wildman–Crippen MR) is 367 cm³/mol. The van der Waals surface area contributed by atoms with Gasteiger partial charge in [0.2, 0.25) is 0 Å². The van der Waals surface area contributed by atoms with Crippen LogP contribution in [0.25, 0.3) is 0 Å². The Morgan fingerprint density at radius 3 is 0.874 bits per heavy atom. The van der Waals surface area contributed by atoms with Crippen LogP contribution >= 0.6 is 0 Å². The van der Waals surface area contributed by atoms with Crippen molar-refractivity contribution in [2.75, 3.05) is 13.7 Å². The first kappa shape index (κ1) is 68.1. The second kappa shape index (κ2) is 37.7. The third-order valence-corrected chi connectivity index (χ3v) is 16.7. The number of ether oxygens (including phenoxy) is 12. The van der Waals surface area contributed by atoms with Gasteiger partial charge in [0.25, 0.3) is 0 Å². The molecule has 0 amide bonds. The van der Waals surface area contributed by atoms with Crippen LogP contribution in [0, 0.1) is 0 Å². The summed E-state index contributed by atoms with van der Waals surface area (Å²) in [6.07, 6.45) is -10.8. The SMILES string of the molecule is CO[C@H]1O[C@H]([C@H](OCc2ccccc2)[C@H](OCc2ccccc2)[C@@H](OCc2ccccc2)[C@@H](OCc2ccccc2)[C@H](OCc2ccccc2)[C@@H](COCc2ccccc2)OCc2ccccc2)[C@@H](OCc2ccccc2)[C@H](OCc2ccccc2)[C@H]1OCc1ccccc1. The Labute approximate surface area is 560 Å². The molecule has 11 atom stereocenters. The summed E-state index contributed by atoms with van der Waals surface area (Å²) < 4.78 is 88.4. The summed E-state index contributed by atoms with van der Waals surface area (Å²) in [5.74, 6) is 0. The first-order valence-corrected chi connectivity index (χ1v) is 32.8. The summed E-state index contributed by atoms with van der Waals surface area (Å²) in [5.41, 5.74) is 9.45. The van der Waals surface area contributed by atoms with Gasteiger partial charge in [-0.3, -0.25) is 0 Å². The van der Waals surface area contributed by atoms with Crippen LogP contribution in [0.3, 0.4) is 0 Å². The van der Waals surface area contributed by atoms with E-state index >= 15 is 0 Å². The van der Waals surface area contributed by atoms with Crippen LogP contribution in [0.2, 0.25) is 0 Å². The second-order valence-electron chi connectivity index (χ2n) is 23.6. The molecule has 0 bridgehead atoms. The second-order valence-corrected chi connectivity index (χ2v) is 23.6. The van der Waals surface area contributed by atoms with Crippen molar-refractivity contribution in [3.63, 3.8) is 0 Å². The van der Waals surface area contributed by atoms with Crippen molar-refractivity contribution in [2.24, 2.45) is 0 Å². The van der Waals surface area contributed by atoms with Crippen molar-refractivity contribution in [3.05, 3.63) is 359 Å². The van der Waals surface area contributed by atoms with E-state index in [0.29, 0.717) is 6.61 Å². The highest BCUT2D eigenvalue weighted by Gasteiger charge is 2.56. The van der Waals surface area contributed by atoms with Gasteiger partial charge in [-0.25, -0.2) is 0 Å². The van der Waals surface area contributed by atoms with Crippen LogP contribution in [0.4, 0.5) is 0 Å². The molecule has 1 fully saturated rings. The van der Waals surface area contributed by atoms with E-state index in [0.717, 1.165) is 55.6 Å². The van der Waals surface area contributed by atoms with Crippen molar-refractivity contribution in [2.45, 2.75) is 133 Å². The maximum atomic E-state index is 7.75. The third kappa shape index (κ3) is 21.1. The Bertz CT molecular complexity index is 3630. The highest BCUT2D eigenvalue weighted by molar-refractivity contribution is 5.22. The minimum Gasteiger partial charge on any atom is -0.374 e. The molecule has 12 heteroatoms. The maximum Gasteiger partial charge on any atom is 0.186 e. The molecule has 1 aliphatic rings. The number of hydrogen-bond acceptors (Lipinski definition) is 12. The average molecular weight is 1280 g/mol. The lowest BCUT2D eigenvalue weighted by Crippen LogP contribution is -2.67. The number of benzene rings is 10. The zero-order valence-electron chi connectivity index (χ0n) is 53.9. The Morgan fingerprint density at radius 1 is 0.263 bits per heavy atom. The molecule has 0 unspecified atom stereocenters. The lowest BCUT2D eigenvalue weighted by atomic mass is 9.87. The van der Waals surface area contributed by atoms with Gasteiger partial charge in [0.1, 0.15) is 61.0 Å². The Kier molecular flexibility index (Phi) is 27.0. The van der Waals surface area contributed by atoms with E-state index in [-0.39, 0.29) is 66.1 Å². The molecule has 10 aromatic carbocycles. The van der Waals surface area contributed by atoms with Crippen LogP contribution in [-0.2, 0) is 123 Å². The first-order valence-electron chi connectivity index (χ1n) is 32.8. The standard InChI is InChI=1S/C83H86O12/c1-84-83-82(94-61-72-50-30-11-31-51-72)80(93-60-71-48-28-10-29-49-71)79(92-59-70-46-26-9-27-47-70)81(95-83)78(91-58-69-44-24-8-25-45-69)77(90-57-68-42-22-7-23-43-68)76(89-56-67-40-20-6-21-41-67)75(88-55-66-38-18-5-19-39-66)74(87-54-65-36-16-4-17-37-65)73(86-53-64-34-14-3-15-35-64)62-85-52-63-32-12-2-13-33-63/h2-51,73-83H,52-62H2,1H3/t73-,74-,75+,76+,77-,78-,79+,80+,81-,82-,83+/m1/s1. The fraction of sp³-hybridized carbons (Fsp3) is 0.277. The minimum atomic E-state index is -1.10. The van der Waals surface area contributed by atoms with E-state index in [4.69, 9.17) is 56.8 Å². The van der Waals surface area contributed by atoms with Gasteiger partial charge >= 0.3 is 0 Å². The minimum absolute atomic E-state index is 0.0999. The van der Waals surface area contributed by atoms with Crippen LogP contribution in [0.15, 0.2) is 303 Å². The molecule has 1 aliphatic heterocycles. The van der Waals surface area contributed by atoms with Crippen molar-refractivity contribution < 1.29 is 56.8 Å². The molecule has 490 valence electrons. The molecule has 0 aromatic heterocycles. The summed E-state index contributed by atoms with van der Waals surface area (Å²) in [5, 5.41) is 0. The number of methoxy groups -OCH3 is 1. The third-order valence-electron chi connectivity index (χ3n) is 16.7. The highest BCUT2D eigenvalue weighted by atomic mass is 16.7. The monoisotopic (exact) mass is 1270 g/mol. The van der Waals surface area contributed by atoms with Crippen molar-refractivity contribution >= 4 is 0 Å². The first-order chi connectivity index (χ1) is 47.1. The maximum absolute atomic E-state index is 7.75. The van der Waals surface area contributed by atoms with Crippen LogP contribution in [0.5, 0.6) is 0 Å². The van der Waals surface area contributed by atoms with Gasteiger partial charge in [0.15, 0.2) is 6.29 Å². The van der Waals surface area contributed by atoms with E-state index in [1.807, 2.05) is 231 Å². The van der Waals surface area contributed by atoms with E-state index in [1.54, 1.807) is 7.11 Å². The molecule has 0 spiro atoms. The summed E-state index contributed by atoms with van der Waals surface area (Å²) in [7, 11) is 1.63. The molecule has 0 N–H and O–H groups in total. The van der Waals surface area contributed by atoms with E-state index in [2.05, 4.69) is 72.8 Å². The normalized spacial score (nSPS) is 18.3. The molecule has 95 heavy (non-hydrogen) atoms. The van der Waals surface area contributed by atoms with Crippen LogP contribution < -0.4 is 0 Å². The fourth-order valence-electron chi connectivity index (χ4n) is 11.8. The molecular formula is C83H86O12. The number of hydrogen-bond donors (Lipinski definition) is 0. The van der Waals surface area contributed by atoms with Crippen molar-refractivity contribution in [3.8, 4) is 0 Å². The zero-order valence-corrected chi connectivity index (χ0v) is 53.9. The fourth-order valence-corrected chi connectivity index (χ4v) is 11.8. The predicted octanol–water partition coefficient (Wildman–Crippen LogP) is 15.8. The Balaban J connectivity index is 1.11. The summed E-state index contributed by atoms with van der Waals surface area (Å²) >= 11 is 0. The van der Waals surface area contributed by atoms with Gasteiger partial charge in [0.05, 0.1) is 72.7 Å². The summed E-state index contributed by atoms with van der Waals surface area (Å²) in [4.78, 5) is 0. The van der Waals surface area contributed by atoms with Gasteiger partial charge in [-0.2, -0.15) is 0 Å². The van der Waals surface area contributed by atoms with E-state index < -0.39 is 67.3 Å². The van der Waals surface area contributed by atoms with Gasteiger partial charge in [-0.1, -0.05) is 303 Å². The molecule has 1 saturated heterocycles. The molecule has 0 aliphatic carbocycles. The molecule has 12 nitrogen and oxygen atoms in total. The van der Waals surface area contributed by atoms with Crippen LogP contribution in [-0.4, -0.2) is 81.0 Å². The molecule has 0 saturated carbocycles. The Hall–Kier alpha value is -8.28. The lowest BCUT2D eigenvalue weighted by Gasteiger charge is -2.50. The smallest absolute Gasteiger partial charge is 0.186 e. The highest BCUT2D eigenvalue weighted by Crippen LogP contribution is 2.38. The zero-order chi connectivity index (χ0) is 64.7. The van der Waals surface area contributed by atoms with Crippen molar-refractivity contribution in [1.82, 2.24) is 0 Å². The topological polar surface area (TPSA) is 111 Å². The molecule has 1 heterocycles. The van der Waals surface area contributed by atoms with Gasteiger partial charge in [-0.05, 0) is 55.6 Å². The molecule has 10 aromatic rings. The lowest BCUT2D eigenvalue weighted by molar-refractivity contribution is -0.343.